The second kappa shape index (κ2) is 7.77. The molecule has 1 unspecified atom stereocenters. The van der Waals surface area contributed by atoms with E-state index in [9.17, 15) is 0 Å². The third-order valence-electron chi connectivity index (χ3n) is 3.55. The number of benzene rings is 2. The van der Waals surface area contributed by atoms with Crippen LogP contribution in [0.3, 0.4) is 0 Å². The predicted octanol–water partition coefficient (Wildman–Crippen LogP) is 4.22. The molecule has 0 bridgehead atoms. The highest BCUT2D eigenvalue weighted by molar-refractivity contribution is 5.16. The van der Waals surface area contributed by atoms with E-state index in [0.717, 1.165) is 11.1 Å². The van der Waals surface area contributed by atoms with Crippen LogP contribution in [0, 0.1) is 0 Å². The van der Waals surface area contributed by atoms with Crippen LogP contribution >= 0.6 is 0 Å². The molecule has 1 heterocycles. The highest BCUT2D eigenvalue weighted by Gasteiger charge is 2.31. The van der Waals surface area contributed by atoms with E-state index < -0.39 is 5.79 Å². The van der Waals surface area contributed by atoms with E-state index in [2.05, 4.69) is 0 Å². The maximum atomic E-state index is 6.01. The zero-order chi connectivity index (χ0) is 15.8. The Morgan fingerprint density at radius 3 is 2.04 bits per heavy atom. The van der Waals surface area contributed by atoms with Crippen LogP contribution < -0.4 is 0 Å². The first-order valence-electron chi connectivity index (χ1n) is 7.68. The second-order valence-corrected chi connectivity index (χ2v) is 5.37. The molecule has 0 N–H and O–H groups in total. The van der Waals surface area contributed by atoms with Gasteiger partial charge in [0.25, 0.3) is 5.79 Å². The molecule has 0 aromatic heterocycles. The van der Waals surface area contributed by atoms with Gasteiger partial charge in [0, 0.05) is 0 Å². The smallest absolute Gasteiger partial charge is 0.253 e. The van der Waals surface area contributed by atoms with Gasteiger partial charge in [0.1, 0.15) is 6.61 Å². The van der Waals surface area contributed by atoms with Crippen LogP contribution in [0.2, 0.25) is 0 Å². The first kappa shape index (κ1) is 15.5. The van der Waals surface area contributed by atoms with E-state index in [4.69, 9.17) is 14.2 Å². The first-order valence-corrected chi connectivity index (χ1v) is 7.68. The lowest BCUT2D eigenvalue weighted by molar-refractivity contribution is -0.213. The quantitative estimate of drug-likeness (QED) is 0.766. The Morgan fingerprint density at radius 1 is 0.783 bits per heavy atom. The van der Waals surface area contributed by atoms with Crippen LogP contribution in [0.15, 0.2) is 85.2 Å². The van der Waals surface area contributed by atoms with Gasteiger partial charge in [0.15, 0.2) is 0 Å². The maximum Gasteiger partial charge on any atom is 0.253 e. The fourth-order valence-electron chi connectivity index (χ4n) is 2.31. The van der Waals surface area contributed by atoms with Gasteiger partial charge in [-0.2, -0.15) is 0 Å². The van der Waals surface area contributed by atoms with Crippen molar-refractivity contribution in [3.63, 3.8) is 0 Å². The Balaban J connectivity index is 1.58. The van der Waals surface area contributed by atoms with Crippen molar-refractivity contribution in [2.45, 2.75) is 19.0 Å². The highest BCUT2D eigenvalue weighted by atomic mass is 16.7. The second-order valence-electron chi connectivity index (χ2n) is 5.37. The lowest BCUT2D eigenvalue weighted by Gasteiger charge is -2.31. The van der Waals surface area contributed by atoms with E-state index in [-0.39, 0.29) is 0 Å². The van der Waals surface area contributed by atoms with E-state index in [1.807, 2.05) is 78.9 Å². The summed E-state index contributed by atoms with van der Waals surface area (Å²) in [5.74, 6) is -0.876. The van der Waals surface area contributed by atoms with Crippen LogP contribution in [0.25, 0.3) is 0 Å². The van der Waals surface area contributed by atoms with Crippen molar-refractivity contribution in [3.05, 3.63) is 96.3 Å². The maximum absolute atomic E-state index is 6.01. The lowest BCUT2D eigenvalue weighted by atomic mass is 10.2. The van der Waals surface area contributed by atoms with Crippen molar-refractivity contribution >= 4 is 0 Å². The average Bonchev–Trinajstić information content (AvgIpc) is 2.63. The van der Waals surface area contributed by atoms with Gasteiger partial charge in [-0.1, -0.05) is 66.7 Å². The Kier molecular flexibility index (Phi) is 5.25. The molecule has 3 heteroatoms. The molecule has 0 fully saturated rings. The molecule has 0 saturated heterocycles. The molecule has 1 aliphatic heterocycles. The monoisotopic (exact) mass is 308 g/mol. The summed E-state index contributed by atoms with van der Waals surface area (Å²) in [7, 11) is 0. The molecule has 0 amide bonds. The first-order chi connectivity index (χ1) is 11.4. The minimum absolute atomic E-state index is 0.329. The SMILES string of the molecule is C1=COC(COCc2ccccc2)(OCc2ccccc2)C=C1. The summed E-state index contributed by atoms with van der Waals surface area (Å²) < 4.78 is 17.5. The number of allylic oxidation sites excluding steroid dienone is 2. The summed E-state index contributed by atoms with van der Waals surface area (Å²) in [6.07, 6.45) is 7.28. The predicted molar refractivity (Wildman–Crippen MR) is 89.4 cm³/mol. The number of hydrogen-bond acceptors (Lipinski definition) is 3. The molecule has 0 aliphatic carbocycles. The largest absolute Gasteiger partial charge is 0.464 e. The molecule has 2 aromatic carbocycles. The molecule has 0 spiro atoms. The molecule has 2 aromatic rings. The summed E-state index contributed by atoms with van der Waals surface area (Å²) >= 11 is 0. The van der Waals surface area contributed by atoms with Crippen LogP contribution in [0.5, 0.6) is 0 Å². The van der Waals surface area contributed by atoms with Crippen LogP contribution in [0.4, 0.5) is 0 Å². The van der Waals surface area contributed by atoms with Gasteiger partial charge in [-0.3, -0.25) is 0 Å². The topological polar surface area (TPSA) is 27.7 Å². The molecule has 3 rings (SSSR count). The van der Waals surface area contributed by atoms with Gasteiger partial charge in [0.05, 0.1) is 19.5 Å². The number of hydrogen-bond donors (Lipinski definition) is 0. The zero-order valence-corrected chi connectivity index (χ0v) is 12.9. The fraction of sp³-hybridized carbons (Fsp3) is 0.200. The van der Waals surface area contributed by atoms with Crippen LogP contribution in [-0.2, 0) is 27.4 Å². The summed E-state index contributed by atoms with van der Waals surface area (Å²) in [5.41, 5.74) is 2.22. The number of ether oxygens (including phenoxy) is 3. The molecule has 0 radical (unpaired) electrons. The summed E-state index contributed by atoms with van der Waals surface area (Å²) in [6.45, 7) is 1.32. The van der Waals surface area contributed by atoms with Gasteiger partial charge in [0.2, 0.25) is 0 Å². The molecule has 3 nitrogen and oxygen atoms in total. The van der Waals surface area contributed by atoms with Crippen molar-refractivity contribution in [2.24, 2.45) is 0 Å². The Labute approximate surface area is 136 Å². The van der Waals surface area contributed by atoms with Crippen molar-refractivity contribution in [3.8, 4) is 0 Å². The molecule has 1 atom stereocenters. The lowest BCUT2D eigenvalue weighted by Crippen LogP contribution is -2.38. The van der Waals surface area contributed by atoms with Gasteiger partial charge in [-0.05, 0) is 23.3 Å². The van der Waals surface area contributed by atoms with Crippen molar-refractivity contribution in [1.82, 2.24) is 0 Å². The molecule has 0 saturated carbocycles. The fourth-order valence-corrected chi connectivity index (χ4v) is 2.31. The Morgan fingerprint density at radius 2 is 1.43 bits per heavy atom. The third kappa shape index (κ3) is 4.55. The standard InChI is InChI=1S/C20H20O3/c1-3-9-18(10-4-1)15-21-17-20(13-7-8-14-22-20)23-16-19-11-5-2-6-12-19/h1-14H,15-17H2. The minimum Gasteiger partial charge on any atom is -0.464 e. The molecule has 1 aliphatic rings. The number of rotatable bonds is 7. The summed E-state index contributed by atoms with van der Waals surface area (Å²) in [5, 5.41) is 0. The summed E-state index contributed by atoms with van der Waals surface area (Å²) in [4.78, 5) is 0. The zero-order valence-electron chi connectivity index (χ0n) is 12.9. The van der Waals surface area contributed by atoms with Crippen molar-refractivity contribution < 1.29 is 14.2 Å². The van der Waals surface area contributed by atoms with Crippen molar-refractivity contribution in [1.29, 1.82) is 0 Å². The van der Waals surface area contributed by atoms with Crippen molar-refractivity contribution in [2.75, 3.05) is 6.61 Å². The van der Waals surface area contributed by atoms with Gasteiger partial charge >= 0.3 is 0 Å². The van der Waals surface area contributed by atoms with E-state index in [1.54, 1.807) is 6.26 Å². The average molecular weight is 308 g/mol. The molecule has 23 heavy (non-hydrogen) atoms. The van der Waals surface area contributed by atoms with Gasteiger partial charge in [-0.25, -0.2) is 0 Å². The molecular formula is C20H20O3. The molecular weight excluding hydrogens is 288 g/mol. The normalized spacial score (nSPS) is 19.5. The Hall–Kier alpha value is -2.36. The van der Waals surface area contributed by atoms with Crippen LogP contribution in [-0.4, -0.2) is 12.4 Å². The Bertz CT molecular complexity index is 649. The van der Waals surface area contributed by atoms with E-state index >= 15 is 0 Å². The molecule has 118 valence electrons. The van der Waals surface area contributed by atoms with Crippen LogP contribution in [0.1, 0.15) is 11.1 Å². The summed E-state index contributed by atoms with van der Waals surface area (Å²) in [6, 6.07) is 20.1. The van der Waals surface area contributed by atoms with Gasteiger partial charge < -0.3 is 14.2 Å². The van der Waals surface area contributed by atoms with E-state index in [1.165, 1.54) is 0 Å². The minimum atomic E-state index is -0.876. The van der Waals surface area contributed by atoms with E-state index in [0.29, 0.717) is 19.8 Å². The van der Waals surface area contributed by atoms with Gasteiger partial charge in [-0.15, -0.1) is 0 Å². The highest BCUT2D eigenvalue weighted by Crippen LogP contribution is 2.22. The third-order valence-corrected chi connectivity index (χ3v) is 3.55.